The van der Waals surface area contributed by atoms with Crippen LogP contribution in [0.4, 0.5) is 0 Å². The molecule has 0 aromatic carbocycles. The van der Waals surface area contributed by atoms with Gasteiger partial charge in [-0.25, -0.2) is 0 Å². The van der Waals surface area contributed by atoms with Gasteiger partial charge in [0.15, 0.2) is 0 Å². The predicted octanol–water partition coefficient (Wildman–Crippen LogP) is 0.0713. The quantitative estimate of drug-likeness (QED) is 0.601. The molecule has 1 aliphatic rings. The topological polar surface area (TPSA) is 55.1 Å². The van der Waals surface area contributed by atoms with E-state index in [4.69, 9.17) is 5.73 Å². The molecule has 0 unspecified atom stereocenters. The van der Waals surface area contributed by atoms with Crippen molar-refractivity contribution >= 4 is 30.1 Å². The summed E-state index contributed by atoms with van der Waals surface area (Å²) in [6, 6.07) is 0. The number of nitrogens with one attached hydrogen (secondary N) is 1. The highest BCUT2D eigenvalue weighted by Crippen LogP contribution is 2.15. The van der Waals surface area contributed by atoms with Crippen molar-refractivity contribution in [3.8, 4) is 0 Å². The van der Waals surface area contributed by atoms with Gasteiger partial charge >= 0.3 is 0 Å². The summed E-state index contributed by atoms with van der Waals surface area (Å²) < 4.78 is 0. The van der Waals surface area contributed by atoms with E-state index in [1.54, 1.807) is 6.20 Å². The van der Waals surface area contributed by atoms with Gasteiger partial charge in [-0.2, -0.15) is 0 Å². The molecule has 0 fully saturated rings. The number of amides is 1. The number of rotatable bonds is 1. The standard InChI is InChI=1S/C5H8N2OS.ClH/c6-5(8)4-3-7-1-2-9-4;/h3,7H,1-2H2,(H2,6,8);1H. The highest BCUT2D eigenvalue weighted by molar-refractivity contribution is 8.04. The summed E-state index contributed by atoms with van der Waals surface area (Å²) in [6.07, 6.45) is 1.66. The molecule has 0 saturated heterocycles. The predicted molar refractivity (Wildman–Crippen MR) is 45.0 cm³/mol. The van der Waals surface area contributed by atoms with Crippen molar-refractivity contribution in [1.29, 1.82) is 0 Å². The van der Waals surface area contributed by atoms with E-state index in [9.17, 15) is 4.79 Å². The number of halogens is 1. The smallest absolute Gasteiger partial charge is 0.256 e. The molecule has 1 heterocycles. The van der Waals surface area contributed by atoms with Crippen LogP contribution in [0.25, 0.3) is 0 Å². The zero-order valence-electron chi connectivity index (χ0n) is 5.29. The zero-order valence-corrected chi connectivity index (χ0v) is 6.93. The SMILES string of the molecule is Cl.NC(=O)C1=CNCCS1. The van der Waals surface area contributed by atoms with Crippen LogP contribution in [0.5, 0.6) is 0 Å². The van der Waals surface area contributed by atoms with Gasteiger partial charge in [-0.3, -0.25) is 4.79 Å². The van der Waals surface area contributed by atoms with Gasteiger partial charge in [0.05, 0.1) is 4.91 Å². The van der Waals surface area contributed by atoms with Gasteiger partial charge in [-0.1, -0.05) is 0 Å². The molecule has 0 aliphatic carbocycles. The van der Waals surface area contributed by atoms with E-state index in [1.165, 1.54) is 11.8 Å². The summed E-state index contributed by atoms with van der Waals surface area (Å²) in [5.74, 6) is 0.585. The molecule has 0 saturated carbocycles. The number of carbonyl (C=O) groups excluding carboxylic acids is 1. The highest BCUT2D eigenvalue weighted by atomic mass is 35.5. The van der Waals surface area contributed by atoms with Crippen molar-refractivity contribution in [2.75, 3.05) is 12.3 Å². The van der Waals surface area contributed by atoms with Crippen molar-refractivity contribution in [3.05, 3.63) is 11.1 Å². The fraction of sp³-hybridized carbons (Fsp3) is 0.400. The molecule has 58 valence electrons. The summed E-state index contributed by atoms with van der Waals surface area (Å²) >= 11 is 1.50. The number of hydrogen-bond donors (Lipinski definition) is 2. The van der Waals surface area contributed by atoms with E-state index in [0.29, 0.717) is 4.91 Å². The summed E-state index contributed by atoms with van der Waals surface area (Å²) in [5, 5.41) is 2.93. The molecule has 1 aliphatic heterocycles. The Morgan fingerprint density at radius 1 is 1.80 bits per heavy atom. The van der Waals surface area contributed by atoms with Crippen LogP contribution in [0.3, 0.4) is 0 Å². The molecule has 1 amide bonds. The Morgan fingerprint density at radius 3 is 2.80 bits per heavy atom. The third-order valence-corrected chi connectivity index (χ3v) is 2.02. The van der Waals surface area contributed by atoms with E-state index in [0.717, 1.165) is 12.3 Å². The molecule has 3 N–H and O–H groups in total. The van der Waals surface area contributed by atoms with Crippen molar-refractivity contribution in [3.63, 3.8) is 0 Å². The minimum Gasteiger partial charge on any atom is -0.389 e. The van der Waals surface area contributed by atoms with E-state index < -0.39 is 0 Å². The minimum atomic E-state index is -0.341. The first-order valence-electron chi connectivity index (χ1n) is 2.67. The number of hydrogen-bond acceptors (Lipinski definition) is 3. The lowest BCUT2D eigenvalue weighted by atomic mass is 10.5. The number of primary amides is 1. The van der Waals surface area contributed by atoms with Crippen molar-refractivity contribution in [1.82, 2.24) is 5.32 Å². The summed E-state index contributed by atoms with van der Waals surface area (Å²) in [5.41, 5.74) is 5.00. The largest absolute Gasteiger partial charge is 0.389 e. The summed E-state index contributed by atoms with van der Waals surface area (Å²) in [4.78, 5) is 11.1. The molecular formula is C5H9ClN2OS. The molecular weight excluding hydrogens is 172 g/mol. The molecule has 0 atom stereocenters. The summed E-state index contributed by atoms with van der Waals surface area (Å²) in [7, 11) is 0. The average molecular weight is 181 g/mol. The molecule has 0 bridgehead atoms. The third-order valence-electron chi connectivity index (χ3n) is 0.980. The van der Waals surface area contributed by atoms with Gasteiger partial charge in [0.1, 0.15) is 0 Å². The molecule has 5 heteroatoms. The monoisotopic (exact) mass is 180 g/mol. The maximum Gasteiger partial charge on any atom is 0.256 e. The van der Waals surface area contributed by atoms with E-state index in [2.05, 4.69) is 5.32 Å². The van der Waals surface area contributed by atoms with E-state index in [1.807, 2.05) is 0 Å². The van der Waals surface area contributed by atoms with Crippen LogP contribution >= 0.6 is 24.2 Å². The van der Waals surface area contributed by atoms with Crippen LogP contribution in [-0.2, 0) is 4.79 Å². The maximum atomic E-state index is 10.4. The van der Waals surface area contributed by atoms with Crippen molar-refractivity contribution in [2.45, 2.75) is 0 Å². The van der Waals surface area contributed by atoms with Crippen LogP contribution in [0.1, 0.15) is 0 Å². The second-order valence-electron chi connectivity index (χ2n) is 1.68. The van der Waals surface area contributed by atoms with Gasteiger partial charge in [0.25, 0.3) is 5.91 Å². The van der Waals surface area contributed by atoms with Crippen molar-refractivity contribution < 1.29 is 4.79 Å². The Morgan fingerprint density at radius 2 is 2.50 bits per heavy atom. The van der Waals surface area contributed by atoms with Gasteiger partial charge in [-0.05, 0) is 0 Å². The highest BCUT2D eigenvalue weighted by Gasteiger charge is 2.07. The normalized spacial score (nSPS) is 16.2. The van der Waals surface area contributed by atoms with Gasteiger partial charge in [-0.15, -0.1) is 24.2 Å². The van der Waals surface area contributed by atoms with Crippen LogP contribution in [-0.4, -0.2) is 18.2 Å². The third kappa shape index (κ3) is 2.49. The Labute approximate surface area is 69.8 Å². The van der Waals surface area contributed by atoms with E-state index in [-0.39, 0.29) is 18.3 Å². The lowest BCUT2D eigenvalue weighted by Gasteiger charge is -2.09. The molecule has 3 nitrogen and oxygen atoms in total. The molecule has 0 aromatic rings. The minimum absolute atomic E-state index is 0. The summed E-state index contributed by atoms with van der Waals surface area (Å²) in [6.45, 7) is 0.918. The Hall–Kier alpha value is -0.350. The fourth-order valence-corrected chi connectivity index (χ4v) is 1.32. The Balaban J connectivity index is 0.000000810. The van der Waals surface area contributed by atoms with Gasteiger partial charge in [0, 0.05) is 18.5 Å². The van der Waals surface area contributed by atoms with Gasteiger partial charge < -0.3 is 11.1 Å². The van der Waals surface area contributed by atoms with Crippen LogP contribution in [0.15, 0.2) is 11.1 Å². The molecule has 0 aromatic heterocycles. The molecule has 1 rings (SSSR count). The van der Waals surface area contributed by atoms with E-state index >= 15 is 0 Å². The molecule has 0 spiro atoms. The number of carbonyl (C=O) groups is 1. The van der Waals surface area contributed by atoms with Crippen LogP contribution in [0, 0.1) is 0 Å². The first-order chi connectivity index (χ1) is 4.30. The first kappa shape index (κ1) is 9.65. The Kier molecular flexibility index (Phi) is 4.31. The second-order valence-corrected chi connectivity index (χ2v) is 2.81. The van der Waals surface area contributed by atoms with Crippen LogP contribution < -0.4 is 11.1 Å². The zero-order chi connectivity index (χ0) is 6.69. The second kappa shape index (κ2) is 4.46. The fourth-order valence-electron chi connectivity index (χ4n) is 0.569. The first-order valence-corrected chi connectivity index (χ1v) is 3.65. The average Bonchev–Trinajstić information content (AvgIpc) is 1.90. The lowest BCUT2D eigenvalue weighted by Crippen LogP contribution is -2.21. The Bertz CT molecular complexity index is 160. The van der Waals surface area contributed by atoms with Crippen LogP contribution in [0.2, 0.25) is 0 Å². The maximum absolute atomic E-state index is 10.4. The van der Waals surface area contributed by atoms with Crippen molar-refractivity contribution in [2.24, 2.45) is 5.73 Å². The van der Waals surface area contributed by atoms with Gasteiger partial charge in [0.2, 0.25) is 0 Å². The number of nitrogens with two attached hydrogens (primary N) is 1. The molecule has 10 heavy (non-hydrogen) atoms. The molecule has 0 radical (unpaired) electrons. The number of thioether (sulfide) groups is 1. The lowest BCUT2D eigenvalue weighted by molar-refractivity contribution is -0.113.